The first-order valence-corrected chi connectivity index (χ1v) is 6.61. The van der Waals surface area contributed by atoms with Crippen LogP contribution in [0, 0.1) is 0 Å². The third-order valence-electron chi connectivity index (χ3n) is 3.82. The van der Waals surface area contributed by atoms with Crippen LogP contribution in [0.15, 0.2) is 18.3 Å². The van der Waals surface area contributed by atoms with Crippen LogP contribution in [0.2, 0.25) is 0 Å². The highest BCUT2D eigenvalue weighted by atomic mass is 16.6. The van der Waals surface area contributed by atoms with Gasteiger partial charge in [-0.3, -0.25) is 4.90 Å². The molecule has 2 fully saturated rings. The molecular weight excluding hydrogens is 228 g/mol. The van der Waals surface area contributed by atoms with Crippen molar-refractivity contribution in [3.8, 4) is 0 Å². The van der Waals surface area contributed by atoms with E-state index in [2.05, 4.69) is 21.7 Å². The molecule has 3 heterocycles. The number of hydrogen-bond donors (Lipinski definition) is 1. The minimum atomic E-state index is 0.186. The summed E-state index contributed by atoms with van der Waals surface area (Å²) in [5.74, 6) is 0.563. The van der Waals surface area contributed by atoms with Gasteiger partial charge in [-0.15, -0.1) is 0 Å². The number of aromatic nitrogens is 1. The molecule has 0 radical (unpaired) electrons. The summed E-state index contributed by atoms with van der Waals surface area (Å²) < 4.78 is 5.78. The van der Waals surface area contributed by atoms with Gasteiger partial charge in [-0.2, -0.15) is 0 Å². The van der Waals surface area contributed by atoms with Crippen molar-refractivity contribution < 1.29 is 4.74 Å². The predicted molar refractivity (Wildman–Crippen MR) is 70.0 cm³/mol. The second-order valence-electron chi connectivity index (χ2n) is 4.93. The van der Waals surface area contributed by atoms with Crippen molar-refractivity contribution in [3.63, 3.8) is 0 Å². The molecule has 2 atom stereocenters. The molecule has 2 aliphatic heterocycles. The molecule has 2 unspecified atom stereocenters. The van der Waals surface area contributed by atoms with E-state index in [1.54, 1.807) is 0 Å². The van der Waals surface area contributed by atoms with Crippen molar-refractivity contribution in [2.24, 2.45) is 0 Å². The maximum Gasteiger partial charge on any atom is 0.142 e. The number of rotatable bonds is 3. The fourth-order valence-corrected chi connectivity index (χ4v) is 2.54. The molecule has 5 nitrogen and oxygen atoms in total. The minimum absolute atomic E-state index is 0.186. The lowest BCUT2D eigenvalue weighted by molar-refractivity contribution is 0.0946. The number of hydrogen-bond acceptors (Lipinski definition) is 5. The predicted octanol–water partition coefficient (Wildman–Crippen LogP) is 0.699. The van der Waals surface area contributed by atoms with E-state index in [1.807, 2.05) is 18.3 Å². The molecule has 2 saturated heterocycles. The number of ether oxygens (including phenoxy) is 1. The van der Waals surface area contributed by atoms with Gasteiger partial charge in [0, 0.05) is 37.9 Å². The molecule has 2 N–H and O–H groups in total. The van der Waals surface area contributed by atoms with Gasteiger partial charge < -0.3 is 15.4 Å². The van der Waals surface area contributed by atoms with E-state index in [4.69, 9.17) is 10.5 Å². The monoisotopic (exact) mass is 248 g/mol. The summed E-state index contributed by atoms with van der Waals surface area (Å²) in [5.41, 5.74) is 6.72. The summed E-state index contributed by atoms with van der Waals surface area (Å²) in [7, 11) is 0. The van der Waals surface area contributed by atoms with Crippen molar-refractivity contribution in [1.82, 2.24) is 14.8 Å². The Hall–Kier alpha value is -1.17. The van der Waals surface area contributed by atoms with Gasteiger partial charge in [-0.25, -0.2) is 4.98 Å². The molecule has 18 heavy (non-hydrogen) atoms. The maximum absolute atomic E-state index is 5.78. The van der Waals surface area contributed by atoms with Crippen molar-refractivity contribution in [1.29, 1.82) is 0 Å². The second kappa shape index (κ2) is 4.84. The zero-order chi connectivity index (χ0) is 12.5. The Morgan fingerprint density at radius 1 is 1.33 bits per heavy atom. The van der Waals surface area contributed by atoms with Crippen LogP contribution in [0.25, 0.3) is 0 Å². The highest BCUT2D eigenvalue weighted by Gasteiger charge is 2.45. The molecule has 0 amide bonds. The normalized spacial score (nSPS) is 29.4. The van der Waals surface area contributed by atoms with Crippen LogP contribution in [-0.2, 0) is 4.74 Å². The first kappa shape index (κ1) is 11.9. The number of nitrogens with two attached hydrogens (primary N) is 1. The fraction of sp³-hybridized carbons (Fsp3) is 0.615. The number of anilines is 1. The molecule has 3 rings (SSSR count). The van der Waals surface area contributed by atoms with Gasteiger partial charge >= 0.3 is 0 Å². The summed E-state index contributed by atoms with van der Waals surface area (Å²) in [6, 6.07) is 3.85. The Balaban J connectivity index is 1.56. The minimum Gasteiger partial charge on any atom is -0.384 e. The van der Waals surface area contributed by atoms with Gasteiger partial charge in [0.05, 0.1) is 0 Å². The Labute approximate surface area is 108 Å². The van der Waals surface area contributed by atoms with Crippen LogP contribution in [0.3, 0.4) is 0 Å². The van der Waals surface area contributed by atoms with E-state index in [0.29, 0.717) is 5.82 Å². The van der Waals surface area contributed by atoms with E-state index in [-0.39, 0.29) is 12.3 Å². The van der Waals surface area contributed by atoms with Gasteiger partial charge in [-0.1, -0.05) is 13.0 Å². The summed E-state index contributed by atoms with van der Waals surface area (Å²) >= 11 is 0. The third-order valence-corrected chi connectivity index (χ3v) is 3.82. The fourth-order valence-electron chi connectivity index (χ4n) is 2.54. The van der Waals surface area contributed by atoms with E-state index < -0.39 is 0 Å². The molecule has 0 bridgehead atoms. The Morgan fingerprint density at radius 2 is 2.11 bits per heavy atom. The zero-order valence-electron chi connectivity index (χ0n) is 10.7. The summed E-state index contributed by atoms with van der Waals surface area (Å²) in [6.07, 6.45) is 2.25. The lowest BCUT2D eigenvalue weighted by Gasteiger charge is -2.33. The first-order chi connectivity index (χ1) is 8.78. The average molecular weight is 248 g/mol. The van der Waals surface area contributed by atoms with Crippen LogP contribution >= 0.6 is 0 Å². The average Bonchev–Trinajstić information content (AvgIpc) is 3.20. The SMILES string of the molecule is CCN1CCN(C2OC2c2ccc(N)nc2)CC1. The van der Waals surface area contributed by atoms with Gasteiger partial charge in [-0.05, 0) is 12.6 Å². The van der Waals surface area contributed by atoms with Crippen LogP contribution in [0.4, 0.5) is 5.82 Å². The molecule has 1 aromatic heterocycles. The molecule has 0 saturated carbocycles. The zero-order valence-corrected chi connectivity index (χ0v) is 10.7. The van der Waals surface area contributed by atoms with Gasteiger partial charge in [0.15, 0.2) is 0 Å². The standard InChI is InChI=1S/C13H20N4O/c1-2-16-5-7-17(8-6-16)13-12(18-13)10-3-4-11(14)15-9-10/h3-4,9,12-13H,2,5-8H2,1H3,(H2,14,15). The molecule has 1 aromatic rings. The Morgan fingerprint density at radius 3 is 2.72 bits per heavy atom. The quantitative estimate of drug-likeness (QED) is 0.798. The van der Waals surface area contributed by atoms with E-state index in [0.717, 1.165) is 38.3 Å². The second-order valence-corrected chi connectivity index (χ2v) is 4.93. The van der Waals surface area contributed by atoms with E-state index in [9.17, 15) is 0 Å². The van der Waals surface area contributed by atoms with Crippen LogP contribution < -0.4 is 5.73 Å². The topological polar surface area (TPSA) is 57.9 Å². The highest BCUT2D eigenvalue weighted by molar-refractivity contribution is 5.31. The highest BCUT2D eigenvalue weighted by Crippen LogP contribution is 2.40. The third kappa shape index (κ3) is 2.34. The van der Waals surface area contributed by atoms with Gasteiger partial charge in [0.25, 0.3) is 0 Å². The summed E-state index contributed by atoms with van der Waals surface area (Å²) in [6.45, 7) is 7.83. The van der Waals surface area contributed by atoms with Crippen molar-refractivity contribution in [2.45, 2.75) is 19.3 Å². The maximum atomic E-state index is 5.78. The number of likely N-dealkylation sites (N-methyl/N-ethyl adjacent to an activating group) is 1. The lowest BCUT2D eigenvalue weighted by Crippen LogP contribution is -2.47. The van der Waals surface area contributed by atoms with Gasteiger partial charge in [0.2, 0.25) is 0 Å². The number of pyridine rings is 1. The van der Waals surface area contributed by atoms with Crippen LogP contribution in [0.1, 0.15) is 18.6 Å². The Bertz CT molecular complexity index is 400. The molecule has 98 valence electrons. The lowest BCUT2D eigenvalue weighted by atomic mass is 10.2. The molecule has 2 aliphatic rings. The largest absolute Gasteiger partial charge is 0.384 e. The number of nitrogens with zero attached hydrogens (tertiary/aromatic N) is 3. The smallest absolute Gasteiger partial charge is 0.142 e. The number of epoxide rings is 1. The summed E-state index contributed by atoms with van der Waals surface area (Å²) in [4.78, 5) is 9.01. The molecular formula is C13H20N4O. The van der Waals surface area contributed by atoms with E-state index >= 15 is 0 Å². The number of nitrogen functional groups attached to an aromatic ring is 1. The first-order valence-electron chi connectivity index (χ1n) is 6.61. The molecule has 0 spiro atoms. The van der Waals surface area contributed by atoms with Crippen molar-refractivity contribution >= 4 is 5.82 Å². The van der Waals surface area contributed by atoms with Gasteiger partial charge in [0.1, 0.15) is 18.1 Å². The van der Waals surface area contributed by atoms with Crippen LogP contribution in [0.5, 0.6) is 0 Å². The molecule has 0 aromatic carbocycles. The Kier molecular flexibility index (Phi) is 3.20. The number of piperazine rings is 1. The van der Waals surface area contributed by atoms with Crippen LogP contribution in [-0.4, -0.2) is 53.7 Å². The van der Waals surface area contributed by atoms with Crippen molar-refractivity contribution in [3.05, 3.63) is 23.9 Å². The summed E-state index contributed by atoms with van der Waals surface area (Å²) in [5, 5.41) is 0. The molecule has 5 heteroatoms. The van der Waals surface area contributed by atoms with E-state index in [1.165, 1.54) is 0 Å². The molecule has 0 aliphatic carbocycles. The van der Waals surface area contributed by atoms with Crippen molar-refractivity contribution in [2.75, 3.05) is 38.5 Å².